The molecule has 0 radical (unpaired) electrons. The highest BCUT2D eigenvalue weighted by atomic mass is 16.5. The van der Waals surface area contributed by atoms with Gasteiger partial charge in [0.15, 0.2) is 0 Å². The second-order valence-electron chi connectivity index (χ2n) is 16.1. The predicted octanol–water partition coefficient (Wildman–Crippen LogP) is 11.4. The van der Waals surface area contributed by atoms with Crippen molar-refractivity contribution < 1.29 is 9.30 Å². The molecule has 5 heterocycles. The fourth-order valence-electron chi connectivity index (χ4n) is 8.93. The first-order valence-corrected chi connectivity index (χ1v) is 19.4. The van der Waals surface area contributed by atoms with Crippen molar-refractivity contribution in [1.29, 1.82) is 0 Å². The van der Waals surface area contributed by atoms with Crippen molar-refractivity contribution in [3.63, 3.8) is 0 Å². The zero-order chi connectivity index (χ0) is 38.6. The van der Waals surface area contributed by atoms with E-state index in [1.165, 1.54) is 54.6 Å². The van der Waals surface area contributed by atoms with E-state index in [9.17, 15) is 0 Å². The number of hydrogen-bond donors (Lipinski definition) is 0. The molecule has 0 amide bonds. The summed E-state index contributed by atoms with van der Waals surface area (Å²) in [5.41, 5.74) is 10.2. The number of ether oxygens (including phenoxy) is 1. The van der Waals surface area contributed by atoms with Gasteiger partial charge in [0.2, 0.25) is 0 Å². The van der Waals surface area contributed by atoms with Gasteiger partial charge in [-0.2, -0.15) is 0 Å². The number of hydrogen-bond acceptors (Lipinski definition) is 2. The Morgan fingerprint density at radius 2 is 1.23 bits per heavy atom. The van der Waals surface area contributed by atoms with E-state index < -0.39 is 0 Å². The Morgan fingerprint density at radius 3 is 1.93 bits per heavy atom. The lowest BCUT2D eigenvalue weighted by molar-refractivity contribution is -0.599. The molecule has 0 bridgehead atoms. The average molecular weight is 741 g/mol. The number of imidazole rings is 1. The summed E-state index contributed by atoms with van der Waals surface area (Å²) in [6.07, 6.45) is 9.41. The summed E-state index contributed by atoms with van der Waals surface area (Å²) in [5, 5.41) is 7.29. The molecule has 11 rings (SSSR count). The van der Waals surface area contributed by atoms with E-state index in [0.29, 0.717) is 0 Å². The fourth-order valence-corrected chi connectivity index (χ4v) is 8.93. The van der Waals surface area contributed by atoms with E-state index in [1.54, 1.807) is 0 Å². The first-order chi connectivity index (χ1) is 27.7. The normalized spacial score (nSPS) is 12.3. The minimum Gasteiger partial charge on any atom is -0.458 e. The maximum absolute atomic E-state index is 6.75. The molecule has 5 aromatic heterocycles. The van der Waals surface area contributed by atoms with Crippen LogP contribution in [0.5, 0.6) is 11.5 Å². The van der Waals surface area contributed by atoms with Crippen molar-refractivity contribution >= 4 is 65.4 Å². The molecule has 0 saturated carbocycles. The number of para-hydroxylation sites is 3. The molecule has 7 heteroatoms. The zero-order valence-corrected chi connectivity index (χ0v) is 32.5. The van der Waals surface area contributed by atoms with Crippen LogP contribution in [-0.4, -0.2) is 23.3 Å². The molecule has 0 fully saturated rings. The van der Waals surface area contributed by atoms with Crippen molar-refractivity contribution in [2.45, 2.75) is 26.2 Å². The van der Waals surface area contributed by atoms with Gasteiger partial charge in [0.25, 0.3) is 6.33 Å². The van der Waals surface area contributed by atoms with Crippen LogP contribution >= 0.6 is 0 Å². The van der Waals surface area contributed by atoms with Gasteiger partial charge in [-0.15, -0.1) is 0 Å². The molecule has 0 aliphatic heterocycles. The molecule has 0 saturated heterocycles. The molecular formula is C50H40N6O. The lowest BCUT2D eigenvalue weighted by Gasteiger charge is -2.20. The highest BCUT2D eigenvalue weighted by molar-refractivity contribution is 6.39. The highest BCUT2D eigenvalue weighted by Crippen LogP contribution is 2.48. The Morgan fingerprint density at radius 1 is 0.596 bits per heavy atom. The van der Waals surface area contributed by atoms with Gasteiger partial charge in [0.05, 0.1) is 33.4 Å². The SMILES string of the molecule is Cn1c2ccccc2c2c1c1c3ccc(Oc4cccc(-[n+]5[c-]n(-c6ccccc6)cc5)c4)cc3n(-c3cc(C(C)(C)C)ccn3)c1c1c3ccccc3n(C)c21. The highest BCUT2D eigenvalue weighted by Gasteiger charge is 2.27. The molecule has 0 atom stereocenters. The Hall–Kier alpha value is -7.12. The molecule has 0 spiro atoms. The maximum Gasteiger partial charge on any atom is 0.268 e. The number of pyridine rings is 1. The van der Waals surface area contributed by atoms with Crippen molar-refractivity contribution in [2.24, 2.45) is 14.1 Å². The summed E-state index contributed by atoms with van der Waals surface area (Å²) in [5.74, 6) is 2.36. The van der Waals surface area contributed by atoms with E-state index in [1.807, 2.05) is 58.1 Å². The number of fused-ring (bicyclic) bond motifs is 12. The zero-order valence-electron chi connectivity index (χ0n) is 32.5. The van der Waals surface area contributed by atoms with Crippen molar-refractivity contribution in [2.75, 3.05) is 0 Å². The van der Waals surface area contributed by atoms with Gasteiger partial charge in [0, 0.05) is 82.1 Å². The average Bonchev–Trinajstić information content (AvgIpc) is 3.99. The van der Waals surface area contributed by atoms with E-state index in [-0.39, 0.29) is 5.41 Å². The summed E-state index contributed by atoms with van der Waals surface area (Å²) in [4.78, 5) is 5.12. The number of aromatic nitrogens is 6. The quantitative estimate of drug-likeness (QED) is 0.130. The van der Waals surface area contributed by atoms with Crippen LogP contribution in [-0.2, 0) is 19.5 Å². The number of aryl methyl sites for hydroxylation is 2. The van der Waals surface area contributed by atoms with Crippen LogP contribution in [0, 0.1) is 6.33 Å². The summed E-state index contributed by atoms with van der Waals surface area (Å²) < 4.78 is 17.9. The smallest absolute Gasteiger partial charge is 0.268 e. The minimum atomic E-state index is -0.0644. The molecule has 0 aliphatic carbocycles. The predicted molar refractivity (Wildman–Crippen MR) is 231 cm³/mol. The summed E-state index contributed by atoms with van der Waals surface area (Å²) in [7, 11) is 4.41. The molecule has 7 nitrogen and oxygen atoms in total. The molecule has 276 valence electrons. The van der Waals surface area contributed by atoms with Crippen LogP contribution in [0.25, 0.3) is 82.6 Å². The lowest BCUT2D eigenvalue weighted by atomic mass is 9.88. The van der Waals surface area contributed by atoms with Crippen LogP contribution in [0.1, 0.15) is 26.3 Å². The van der Waals surface area contributed by atoms with Crippen molar-refractivity contribution in [3.8, 4) is 28.7 Å². The Labute approximate surface area is 329 Å². The van der Waals surface area contributed by atoms with Crippen LogP contribution in [0.2, 0.25) is 0 Å². The molecular weight excluding hydrogens is 701 g/mol. The van der Waals surface area contributed by atoms with Gasteiger partial charge in [-0.3, -0.25) is 13.7 Å². The maximum atomic E-state index is 6.75. The van der Waals surface area contributed by atoms with Crippen LogP contribution in [0.4, 0.5) is 0 Å². The van der Waals surface area contributed by atoms with E-state index in [0.717, 1.165) is 45.1 Å². The van der Waals surface area contributed by atoms with Crippen LogP contribution in [0.3, 0.4) is 0 Å². The van der Waals surface area contributed by atoms with E-state index in [4.69, 9.17) is 9.72 Å². The third kappa shape index (κ3) is 4.98. The van der Waals surface area contributed by atoms with Gasteiger partial charge in [-0.25, -0.2) is 4.98 Å². The third-order valence-corrected chi connectivity index (χ3v) is 11.7. The monoisotopic (exact) mass is 740 g/mol. The standard InChI is InChI=1S/C50H40N6O/c1-50(2,3)32-24-25-51-43(28-32)56-42-30-36(57-35-17-13-16-34(29-35)55-27-26-54(31-55)33-14-7-6-8-15-33)22-23-39(42)46-48-44(37-18-9-11-20-40(37)52(48)4)47-45(49(46)56)38-19-10-12-21-41(38)53(47)5/h6-30H,1-5H3. The van der Waals surface area contributed by atoms with Crippen molar-refractivity contribution in [3.05, 3.63) is 164 Å². The number of benzene rings is 6. The second kappa shape index (κ2) is 12.2. The van der Waals surface area contributed by atoms with Crippen LogP contribution in [0.15, 0.2) is 152 Å². The van der Waals surface area contributed by atoms with Crippen molar-refractivity contribution in [1.82, 2.24) is 23.3 Å². The molecule has 11 aromatic rings. The topological polar surface area (TPSA) is 45.7 Å². The Bertz CT molecular complexity index is 3390. The molecule has 0 aliphatic rings. The van der Waals surface area contributed by atoms with Gasteiger partial charge in [-0.05, 0) is 77.7 Å². The third-order valence-electron chi connectivity index (χ3n) is 11.7. The summed E-state index contributed by atoms with van der Waals surface area (Å²) >= 11 is 0. The largest absolute Gasteiger partial charge is 0.458 e. The van der Waals surface area contributed by atoms with Gasteiger partial charge < -0.3 is 13.9 Å². The summed E-state index contributed by atoms with van der Waals surface area (Å²) in [6, 6.07) is 46.9. The molecule has 57 heavy (non-hydrogen) atoms. The molecule has 6 aromatic carbocycles. The summed E-state index contributed by atoms with van der Waals surface area (Å²) in [6.45, 7) is 6.77. The fraction of sp³-hybridized carbons (Fsp3) is 0.120. The minimum absolute atomic E-state index is 0.0644. The van der Waals surface area contributed by atoms with Gasteiger partial charge in [0.1, 0.15) is 17.3 Å². The number of rotatable bonds is 5. The Balaban J connectivity index is 1.19. The Kier molecular flexibility index (Phi) is 7.11. The van der Waals surface area contributed by atoms with E-state index >= 15 is 0 Å². The van der Waals surface area contributed by atoms with Gasteiger partial charge in [-0.1, -0.05) is 81.4 Å². The lowest BCUT2D eigenvalue weighted by Crippen LogP contribution is -2.28. The first kappa shape index (κ1) is 33.2. The van der Waals surface area contributed by atoms with Crippen LogP contribution < -0.4 is 9.30 Å². The van der Waals surface area contributed by atoms with E-state index in [2.05, 4.69) is 158 Å². The van der Waals surface area contributed by atoms with Gasteiger partial charge >= 0.3 is 0 Å². The molecule has 0 N–H and O–H groups in total. The molecule has 0 unspecified atom stereocenters. The first-order valence-electron chi connectivity index (χ1n) is 19.4. The number of nitrogens with zero attached hydrogens (tertiary/aromatic N) is 6. The second-order valence-corrected chi connectivity index (χ2v) is 16.1.